The number of carbonyl (C=O) groups is 2. The first-order valence-electron chi connectivity index (χ1n) is 10.9. The Balaban J connectivity index is 2.00. The van der Waals surface area contributed by atoms with Crippen molar-refractivity contribution in [1.82, 2.24) is 0 Å². The second-order valence-electron chi connectivity index (χ2n) is 9.45. The molecule has 1 aliphatic rings. The van der Waals surface area contributed by atoms with Crippen LogP contribution in [0.5, 0.6) is 0 Å². The highest BCUT2D eigenvalue weighted by Crippen LogP contribution is 2.43. The van der Waals surface area contributed by atoms with E-state index in [-0.39, 0.29) is 28.0 Å². The normalized spacial score (nSPS) is 17.9. The Morgan fingerprint density at radius 2 is 1.59 bits per heavy atom. The molecule has 4 rings (SSSR count). The van der Waals surface area contributed by atoms with E-state index in [1.165, 1.54) is 30.3 Å². The van der Waals surface area contributed by atoms with Crippen molar-refractivity contribution in [2.45, 2.75) is 39.2 Å². The number of anilines is 1. The van der Waals surface area contributed by atoms with Crippen LogP contribution in [0.15, 0.2) is 72.3 Å². The van der Waals surface area contributed by atoms with Gasteiger partial charge in [0, 0.05) is 16.8 Å². The van der Waals surface area contributed by atoms with Gasteiger partial charge in [-0.15, -0.1) is 0 Å². The molecule has 0 aliphatic carbocycles. The summed E-state index contributed by atoms with van der Waals surface area (Å²) in [6.07, 6.45) is 0. The maximum Gasteiger partial charge on any atom is 0.300 e. The molecule has 0 aromatic heterocycles. The summed E-state index contributed by atoms with van der Waals surface area (Å²) in [5, 5.41) is 11.4. The van der Waals surface area contributed by atoms with E-state index in [0.29, 0.717) is 11.1 Å². The number of hydrogen-bond acceptors (Lipinski definition) is 3. The van der Waals surface area contributed by atoms with Crippen molar-refractivity contribution < 1.29 is 23.5 Å². The zero-order chi connectivity index (χ0) is 24.8. The third kappa shape index (κ3) is 4.00. The van der Waals surface area contributed by atoms with Crippen LogP contribution in [0.25, 0.3) is 5.76 Å². The largest absolute Gasteiger partial charge is 0.507 e. The van der Waals surface area contributed by atoms with Crippen molar-refractivity contribution in [3.63, 3.8) is 0 Å². The molecule has 4 nitrogen and oxygen atoms in total. The maximum absolute atomic E-state index is 15.0. The molecular weight excluding hydrogens is 436 g/mol. The number of ketones is 1. The molecule has 1 aliphatic heterocycles. The summed E-state index contributed by atoms with van der Waals surface area (Å²) < 4.78 is 28.5. The van der Waals surface area contributed by atoms with Gasteiger partial charge < -0.3 is 5.11 Å². The van der Waals surface area contributed by atoms with Gasteiger partial charge >= 0.3 is 0 Å². The van der Waals surface area contributed by atoms with Crippen LogP contribution in [0.4, 0.5) is 14.5 Å². The molecule has 0 spiro atoms. The Morgan fingerprint density at radius 3 is 2.21 bits per heavy atom. The Bertz CT molecular complexity index is 1320. The summed E-state index contributed by atoms with van der Waals surface area (Å²) in [7, 11) is 0. The predicted molar refractivity (Wildman–Crippen MR) is 127 cm³/mol. The van der Waals surface area contributed by atoms with Gasteiger partial charge in [0.2, 0.25) is 0 Å². The SMILES string of the molecule is Cc1ccc(C(C)(C)C)cc1/C(O)=C1\C(=O)C(=O)N(c2ccc(F)cc2)C1c1ccccc1F. The van der Waals surface area contributed by atoms with Crippen molar-refractivity contribution in [2.24, 2.45) is 0 Å². The number of aliphatic hydroxyl groups excluding tert-OH is 1. The fourth-order valence-corrected chi connectivity index (χ4v) is 4.18. The molecule has 0 radical (unpaired) electrons. The molecule has 1 N–H and O–H groups in total. The maximum atomic E-state index is 15.0. The van der Waals surface area contributed by atoms with Crippen LogP contribution < -0.4 is 4.90 Å². The fourth-order valence-electron chi connectivity index (χ4n) is 4.18. The first-order chi connectivity index (χ1) is 16.0. The second kappa shape index (κ2) is 8.52. The minimum absolute atomic E-state index is 0.0530. The van der Waals surface area contributed by atoms with Gasteiger partial charge in [0.1, 0.15) is 17.4 Å². The lowest BCUT2D eigenvalue weighted by Gasteiger charge is -2.26. The highest BCUT2D eigenvalue weighted by atomic mass is 19.1. The summed E-state index contributed by atoms with van der Waals surface area (Å²) in [6.45, 7) is 7.85. The predicted octanol–water partition coefficient (Wildman–Crippen LogP) is 6.20. The van der Waals surface area contributed by atoms with Crippen molar-refractivity contribution in [3.8, 4) is 0 Å². The molecule has 3 aromatic rings. The van der Waals surface area contributed by atoms with Gasteiger partial charge in [-0.05, 0) is 59.9 Å². The molecule has 3 aromatic carbocycles. The second-order valence-corrected chi connectivity index (χ2v) is 9.45. The lowest BCUT2D eigenvalue weighted by molar-refractivity contribution is -0.132. The summed E-state index contributed by atoms with van der Waals surface area (Å²) in [6, 6.07) is 15.1. The topological polar surface area (TPSA) is 57.6 Å². The van der Waals surface area contributed by atoms with E-state index in [9.17, 15) is 23.5 Å². The Morgan fingerprint density at radius 1 is 0.941 bits per heavy atom. The number of aliphatic hydroxyl groups is 1. The summed E-state index contributed by atoms with van der Waals surface area (Å²) >= 11 is 0. The van der Waals surface area contributed by atoms with Gasteiger partial charge in [0.25, 0.3) is 11.7 Å². The number of carbonyl (C=O) groups excluding carboxylic acids is 2. The first-order valence-corrected chi connectivity index (χ1v) is 10.9. The van der Waals surface area contributed by atoms with E-state index in [0.717, 1.165) is 22.6 Å². The van der Waals surface area contributed by atoms with Crippen LogP contribution in [0.1, 0.15) is 49.1 Å². The number of nitrogens with zero attached hydrogens (tertiary/aromatic N) is 1. The monoisotopic (exact) mass is 461 g/mol. The van der Waals surface area contributed by atoms with Crippen LogP contribution >= 0.6 is 0 Å². The first kappa shape index (κ1) is 23.4. The number of benzene rings is 3. The highest BCUT2D eigenvalue weighted by Gasteiger charge is 2.48. The summed E-state index contributed by atoms with van der Waals surface area (Å²) in [5.41, 5.74) is 1.85. The standard InChI is InChI=1S/C28H25F2NO3/c1-16-9-10-17(28(2,3)4)15-21(16)25(32)23-24(20-7-5-6-8-22(20)30)31(27(34)26(23)33)19-13-11-18(29)12-14-19/h5-15,24,32H,1-4H3/b25-23+. The number of aryl methyl sites for hydroxylation is 1. The number of Topliss-reactive ketones (excluding diaryl/α,β-unsaturated/α-hetero) is 1. The highest BCUT2D eigenvalue weighted by molar-refractivity contribution is 6.51. The third-order valence-electron chi connectivity index (χ3n) is 6.11. The molecular formula is C28H25F2NO3. The van der Waals surface area contributed by atoms with E-state index >= 15 is 0 Å². The average Bonchev–Trinajstić information content (AvgIpc) is 3.04. The number of amides is 1. The van der Waals surface area contributed by atoms with Crippen LogP contribution in [0.2, 0.25) is 0 Å². The minimum atomic E-state index is -1.22. The van der Waals surface area contributed by atoms with Gasteiger partial charge in [-0.1, -0.05) is 51.1 Å². The molecule has 1 heterocycles. The van der Waals surface area contributed by atoms with E-state index < -0.39 is 29.4 Å². The zero-order valence-corrected chi connectivity index (χ0v) is 19.4. The molecule has 1 unspecified atom stereocenters. The van der Waals surface area contributed by atoms with Crippen LogP contribution in [-0.2, 0) is 15.0 Å². The molecule has 34 heavy (non-hydrogen) atoms. The van der Waals surface area contributed by atoms with Crippen LogP contribution in [0.3, 0.4) is 0 Å². The van der Waals surface area contributed by atoms with Crippen molar-refractivity contribution in [2.75, 3.05) is 4.90 Å². The summed E-state index contributed by atoms with van der Waals surface area (Å²) in [4.78, 5) is 27.5. The van der Waals surface area contributed by atoms with E-state index in [1.54, 1.807) is 19.1 Å². The van der Waals surface area contributed by atoms with Gasteiger partial charge in [0.05, 0.1) is 11.6 Å². The number of halogens is 2. The lowest BCUT2D eigenvalue weighted by atomic mass is 9.84. The lowest BCUT2D eigenvalue weighted by Crippen LogP contribution is -2.29. The zero-order valence-electron chi connectivity index (χ0n) is 19.4. The fraction of sp³-hybridized carbons (Fsp3) is 0.214. The molecule has 0 bridgehead atoms. The van der Waals surface area contributed by atoms with Crippen molar-refractivity contribution in [3.05, 3.63) is 106 Å². The molecule has 1 amide bonds. The average molecular weight is 462 g/mol. The van der Waals surface area contributed by atoms with E-state index in [2.05, 4.69) is 0 Å². The molecule has 0 saturated carbocycles. The van der Waals surface area contributed by atoms with Gasteiger partial charge in [-0.3, -0.25) is 14.5 Å². The molecule has 1 fully saturated rings. The minimum Gasteiger partial charge on any atom is -0.507 e. The molecule has 6 heteroatoms. The summed E-state index contributed by atoms with van der Waals surface area (Å²) in [5.74, 6) is -3.38. The molecule has 174 valence electrons. The van der Waals surface area contributed by atoms with E-state index in [4.69, 9.17) is 0 Å². The Labute approximate surface area is 197 Å². The van der Waals surface area contributed by atoms with Crippen molar-refractivity contribution >= 4 is 23.1 Å². The van der Waals surface area contributed by atoms with E-state index in [1.807, 2.05) is 32.9 Å². The van der Waals surface area contributed by atoms with Crippen LogP contribution in [-0.4, -0.2) is 16.8 Å². The smallest absolute Gasteiger partial charge is 0.300 e. The molecule has 1 atom stereocenters. The van der Waals surface area contributed by atoms with Crippen molar-refractivity contribution in [1.29, 1.82) is 0 Å². The number of rotatable bonds is 3. The van der Waals surface area contributed by atoms with Crippen LogP contribution in [0, 0.1) is 18.6 Å². The molecule has 1 saturated heterocycles. The number of hydrogen-bond donors (Lipinski definition) is 1. The quantitative estimate of drug-likeness (QED) is 0.287. The Kier molecular flexibility index (Phi) is 5.86. The Hall–Kier alpha value is -3.80. The van der Waals surface area contributed by atoms with Gasteiger partial charge in [-0.2, -0.15) is 0 Å². The van der Waals surface area contributed by atoms with Gasteiger partial charge in [0.15, 0.2) is 0 Å². The van der Waals surface area contributed by atoms with Gasteiger partial charge in [-0.25, -0.2) is 8.78 Å². The third-order valence-corrected chi connectivity index (χ3v) is 6.11.